The minimum Gasteiger partial charge on any atom is -0.539 e. The van der Waals surface area contributed by atoms with E-state index in [1.165, 1.54) is 0 Å². The highest BCUT2D eigenvalue weighted by atomic mass is 35.5. The van der Waals surface area contributed by atoms with Gasteiger partial charge in [0, 0.05) is 16.7 Å². The van der Waals surface area contributed by atoms with Crippen LogP contribution in [-0.4, -0.2) is 11.6 Å². The van der Waals surface area contributed by atoms with Crippen LogP contribution >= 0.6 is 11.6 Å². The van der Waals surface area contributed by atoms with Gasteiger partial charge in [-0.1, -0.05) is 17.7 Å². The van der Waals surface area contributed by atoms with E-state index in [0.717, 1.165) is 10.2 Å². The quantitative estimate of drug-likeness (QED) is 0.573. The van der Waals surface area contributed by atoms with Crippen LogP contribution in [0, 0.1) is 6.92 Å². The maximum absolute atomic E-state index is 11.1. The van der Waals surface area contributed by atoms with Crippen LogP contribution in [0.4, 0.5) is 0 Å². The maximum Gasteiger partial charge on any atom is 0.303 e. The highest BCUT2D eigenvalue weighted by Crippen LogP contribution is 2.16. The molecule has 16 heavy (non-hydrogen) atoms. The number of hydrogen-bond acceptors (Lipinski definition) is 4. The molecule has 0 aliphatic heterocycles. The predicted octanol–water partition coefficient (Wildman–Crippen LogP) is 0.799. The van der Waals surface area contributed by atoms with E-state index in [1.807, 2.05) is 6.92 Å². The molecular formula is C10H7ClN2O3. The normalized spacial score (nSPS) is 10.4. The monoisotopic (exact) mass is 238 g/mol. The summed E-state index contributed by atoms with van der Waals surface area (Å²) in [6.07, 6.45) is 0.402. The van der Waals surface area contributed by atoms with E-state index in [0.29, 0.717) is 17.0 Å². The summed E-state index contributed by atoms with van der Waals surface area (Å²) in [7, 11) is 0. The molecule has 5 nitrogen and oxygen atoms in total. The smallest absolute Gasteiger partial charge is 0.303 e. The van der Waals surface area contributed by atoms with Crippen molar-refractivity contribution in [1.82, 2.24) is 5.27 Å². The Morgan fingerprint density at radius 1 is 1.56 bits per heavy atom. The molecule has 1 aromatic heterocycles. The van der Waals surface area contributed by atoms with Gasteiger partial charge in [-0.05, 0) is 17.7 Å². The van der Waals surface area contributed by atoms with Crippen molar-refractivity contribution in [3.05, 3.63) is 34.5 Å². The summed E-state index contributed by atoms with van der Waals surface area (Å²) in [6, 6.07) is 5.07. The lowest BCUT2D eigenvalue weighted by atomic mass is 10.2. The number of hydrogen-bond donors (Lipinski definition) is 0. The van der Waals surface area contributed by atoms with E-state index in [-0.39, 0.29) is 5.69 Å². The first-order valence-corrected chi connectivity index (χ1v) is 4.82. The second-order valence-electron chi connectivity index (χ2n) is 3.21. The van der Waals surface area contributed by atoms with Crippen LogP contribution in [0.5, 0.6) is 5.95 Å². The fraction of sp³-hybridized carbons (Fsp3) is 0.100. The molecule has 1 aromatic carbocycles. The number of rotatable bonds is 2. The van der Waals surface area contributed by atoms with Gasteiger partial charge in [-0.25, -0.2) is 0 Å². The van der Waals surface area contributed by atoms with Gasteiger partial charge in [0.15, 0.2) is 5.95 Å². The van der Waals surface area contributed by atoms with Crippen LogP contribution in [0.3, 0.4) is 0 Å². The standard InChI is InChI=1S/C10H7ClN2O3/c1-6-2-3-7(11)4-8(6)13-9(5-14)10(15)16-12-13/h2-5H,1H3. The summed E-state index contributed by atoms with van der Waals surface area (Å²) in [4.78, 5) is 10.7. The molecule has 0 bridgehead atoms. The number of carbonyl (C=O) groups is 1. The van der Waals surface area contributed by atoms with E-state index < -0.39 is 5.95 Å². The summed E-state index contributed by atoms with van der Waals surface area (Å²) >= 11 is 5.83. The Bertz CT molecular complexity index is 551. The van der Waals surface area contributed by atoms with Crippen molar-refractivity contribution in [2.24, 2.45) is 0 Å². The Hall–Kier alpha value is -1.88. The van der Waals surface area contributed by atoms with Crippen LogP contribution < -0.4 is 9.79 Å². The van der Waals surface area contributed by atoms with Crippen molar-refractivity contribution in [2.45, 2.75) is 6.92 Å². The molecule has 0 amide bonds. The van der Waals surface area contributed by atoms with Gasteiger partial charge < -0.3 is 9.63 Å². The Kier molecular flexibility index (Phi) is 2.62. The molecule has 2 rings (SSSR count). The summed E-state index contributed by atoms with van der Waals surface area (Å²) in [5.41, 5.74) is 1.21. The van der Waals surface area contributed by atoms with Gasteiger partial charge in [0.05, 0.1) is 5.27 Å². The van der Waals surface area contributed by atoms with E-state index in [1.54, 1.807) is 18.2 Å². The van der Waals surface area contributed by atoms with Crippen molar-refractivity contribution in [3.8, 4) is 11.6 Å². The molecule has 0 unspecified atom stereocenters. The third-order valence-corrected chi connectivity index (χ3v) is 2.39. The molecule has 0 saturated heterocycles. The number of carbonyl (C=O) groups excluding carboxylic acids is 1. The minimum absolute atomic E-state index is 0.162. The van der Waals surface area contributed by atoms with Crippen LogP contribution in [-0.2, 0) is 0 Å². The van der Waals surface area contributed by atoms with Gasteiger partial charge in [0.25, 0.3) is 0 Å². The Morgan fingerprint density at radius 3 is 3.00 bits per heavy atom. The molecule has 0 aliphatic rings. The number of aryl methyl sites for hydroxylation is 1. The second kappa shape index (κ2) is 3.94. The van der Waals surface area contributed by atoms with Crippen LogP contribution in [0.15, 0.2) is 22.7 Å². The average molecular weight is 239 g/mol. The zero-order valence-electron chi connectivity index (χ0n) is 8.31. The van der Waals surface area contributed by atoms with Crippen molar-refractivity contribution < 1.29 is 19.1 Å². The zero-order chi connectivity index (χ0) is 11.7. The van der Waals surface area contributed by atoms with E-state index >= 15 is 0 Å². The molecular weight excluding hydrogens is 232 g/mol. The molecule has 0 N–H and O–H groups in total. The number of nitrogens with zero attached hydrogens (tertiary/aromatic N) is 2. The highest BCUT2D eigenvalue weighted by molar-refractivity contribution is 6.30. The van der Waals surface area contributed by atoms with Crippen molar-refractivity contribution in [3.63, 3.8) is 0 Å². The fourth-order valence-corrected chi connectivity index (χ4v) is 1.50. The SMILES string of the molecule is Cc1ccc(Cl)cc1-[n+]1noc([O-])c1C=O. The molecule has 1 heterocycles. The Balaban J connectivity index is 2.66. The molecule has 0 radical (unpaired) electrons. The summed E-state index contributed by atoms with van der Waals surface area (Å²) in [5.74, 6) is -0.769. The van der Waals surface area contributed by atoms with Crippen LogP contribution in [0.25, 0.3) is 5.69 Å². The first-order chi connectivity index (χ1) is 7.63. The molecule has 6 heteroatoms. The molecule has 82 valence electrons. The van der Waals surface area contributed by atoms with Gasteiger partial charge in [-0.3, -0.25) is 4.79 Å². The van der Waals surface area contributed by atoms with Crippen molar-refractivity contribution in [1.29, 1.82) is 0 Å². The topological polar surface area (TPSA) is 70.0 Å². The largest absolute Gasteiger partial charge is 0.539 e. The Morgan fingerprint density at radius 2 is 2.31 bits per heavy atom. The number of benzene rings is 1. The van der Waals surface area contributed by atoms with E-state index in [4.69, 9.17) is 11.6 Å². The average Bonchev–Trinajstić information content (AvgIpc) is 2.63. The Labute approximate surface area is 95.8 Å². The van der Waals surface area contributed by atoms with E-state index in [9.17, 15) is 9.90 Å². The lowest BCUT2D eigenvalue weighted by molar-refractivity contribution is -0.672. The molecule has 2 aromatic rings. The highest BCUT2D eigenvalue weighted by Gasteiger charge is 2.21. The second-order valence-corrected chi connectivity index (χ2v) is 3.64. The van der Waals surface area contributed by atoms with Gasteiger partial charge in [-0.2, -0.15) is 0 Å². The molecule has 0 saturated carbocycles. The summed E-state index contributed by atoms with van der Waals surface area (Å²) in [5, 5.41) is 15.1. The molecule has 0 fully saturated rings. The minimum atomic E-state index is -0.769. The third-order valence-electron chi connectivity index (χ3n) is 2.15. The first-order valence-electron chi connectivity index (χ1n) is 4.44. The van der Waals surface area contributed by atoms with Crippen LogP contribution in [0.1, 0.15) is 16.1 Å². The van der Waals surface area contributed by atoms with Gasteiger partial charge in [-0.15, -0.1) is 0 Å². The maximum atomic E-state index is 11.1. The number of aromatic nitrogens is 2. The summed E-state index contributed by atoms with van der Waals surface area (Å²) in [6.45, 7) is 1.81. The van der Waals surface area contributed by atoms with Gasteiger partial charge >= 0.3 is 5.69 Å². The first kappa shape index (κ1) is 10.6. The van der Waals surface area contributed by atoms with Crippen molar-refractivity contribution in [2.75, 3.05) is 0 Å². The van der Waals surface area contributed by atoms with E-state index in [2.05, 4.69) is 9.79 Å². The molecule has 0 spiro atoms. The lowest BCUT2D eigenvalue weighted by Crippen LogP contribution is -2.37. The van der Waals surface area contributed by atoms with Crippen LogP contribution in [0.2, 0.25) is 5.02 Å². The third kappa shape index (κ3) is 1.65. The van der Waals surface area contributed by atoms with Gasteiger partial charge in [0.1, 0.15) is 0 Å². The lowest BCUT2D eigenvalue weighted by Gasteiger charge is -1.97. The fourth-order valence-electron chi connectivity index (χ4n) is 1.34. The predicted molar refractivity (Wildman–Crippen MR) is 52.6 cm³/mol. The molecule has 0 aliphatic carbocycles. The number of aldehydes is 1. The number of halogens is 1. The zero-order valence-corrected chi connectivity index (χ0v) is 9.06. The van der Waals surface area contributed by atoms with Gasteiger partial charge in [0.2, 0.25) is 12.0 Å². The molecule has 0 atom stereocenters. The van der Waals surface area contributed by atoms with Crippen molar-refractivity contribution >= 4 is 17.9 Å². The summed E-state index contributed by atoms with van der Waals surface area (Å²) < 4.78 is 5.55.